The fourth-order valence-electron chi connectivity index (χ4n) is 2.15. The van der Waals surface area contributed by atoms with Crippen LogP contribution in [-0.2, 0) is 9.53 Å². The average Bonchev–Trinajstić information content (AvgIpc) is 2.54. The van der Waals surface area contributed by atoms with Crippen LogP contribution < -0.4 is 5.32 Å². The van der Waals surface area contributed by atoms with E-state index in [1.54, 1.807) is 19.1 Å². The number of nitrogens with one attached hydrogen (secondary N) is 1. The second-order valence-corrected chi connectivity index (χ2v) is 6.59. The van der Waals surface area contributed by atoms with Crippen LogP contribution in [0.1, 0.15) is 38.1 Å². The van der Waals surface area contributed by atoms with E-state index >= 15 is 0 Å². The molecular weight excluding hydrogens is 302 g/mol. The van der Waals surface area contributed by atoms with Crippen LogP contribution in [0.3, 0.4) is 0 Å². The molecule has 0 bridgehead atoms. The zero-order valence-corrected chi connectivity index (χ0v) is 14.6. The third-order valence-electron chi connectivity index (χ3n) is 3.49. The van der Waals surface area contributed by atoms with Crippen molar-refractivity contribution in [3.8, 4) is 11.1 Å². The molecule has 2 rings (SSSR count). The van der Waals surface area contributed by atoms with Crippen LogP contribution in [0, 0.1) is 5.41 Å². The highest BCUT2D eigenvalue weighted by Crippen LogP contribution is 2.26. The monoisotopic (exact) mass is 325 g/mol. The minimum atomic E-state index is -0.521. The number of rotatable bonds is 4. The minimum absolute atomic E-state index is 0.109. The van der Waals surface area contributed by atoms with Crippen molar-refractivity contribution in [3.63, 3.8) is 0 Å². The first-order valence-corrected chi connectivity index (χ1v) is 8.00. The quantitative estimate of drug-likeness (QED) is 0.841. The maximum atomic E-state index is 12.3. The molecule has 0 unspecified atom stereocenters. The predicted octanol–water partition coefficient (Wildman–Crippen LogP) is 4.51. The molecule has 0 atom stereocenters. The number of esters is 1. The van der Waals surface area contributed by atoms with Crippen LogP contribution in [-0.4, -0.2) is 18.5 Å². The first-order chi connectivity index (χ1) is 11.3. The molecule has 0 aromatic heterocycles. The number of amides is 1. The summed E-state index contributed by atoms with van der Waals surface area (Å²) in [5.41, 5.74) is 2.30. The molecule has 2 aromatic rings. The molecule has 2 aromatic carbocycles. The standard InChI is InChI=1S/C20H23NO3/c1-5-24-18(22)16-11-15(14-9-7-6-8-10-14)12-17(13-16)21-19(23)20(2,3)4/h6-13H,5H2,1-4H3,(H,21,23). The van der Waals surface area contributed by atoms with Gasteiger partial charge in [-0.25, -0.2) is 4.79 Å². The number of anilines is 1. The van der Waals surface area contributed by atoms with E-state index < -0.39 is 11.4 Å². The van der Waals surface area contributed by atoms with Crippen molar-refractivity contribution in [1.29, 1.82) is 0 Å². The number of ether oxygens (including phenoxy) is 1. The van der Waals surface area contributed by atoms with E-state index in [1.807, 2.05) is 57.2 Å². The summed E-state index contributed by atoms with van der Waals surface area (Å²) in [6.45, 7) is 7.60. The van der Waals surface area contributed by atoms with Crippen LogP contribution >= 0.6 is 0 Å². The van der Waals surface area contributed by atoms with Gasteiger partial charge in [-0.3, -0.25) is 4.79 Å². The number of hydrogen-bond acceptors (Lipinski definition) is 3. The molecule has 0 radical (unpaired) electrons. The topological polar surface area (TPSA) is 55.4 Å². The maximum Gasteiger partial charge on any atom is 0.338 e. The van der Waals surface area contributed by atoms with Gasteiger partial charge < -0.3 is 10.1 Å². The van der Waals surface area contributed by atoms with E-state index in [2.05, 4.69) is 5.32 Å². The largest absolute Gasteiger partial charge is 0.462 e. The maximum absolute atomic E-state index is 12.3. The highest BCUT2D eigenvalue weighted by atomic mass is 16.5. The summed E-state index contributed by atoms with van der Waals surface area (Å²) in [6.07, 6.45) is 0. The van der Waals surface area contributed by atoms with Crippen molar-refractivity contribution in [2.75, 3.05) is 11.9 Å². The summed E-state index contributed by atoms with van der Waals surface area (Å²) < 4.78 is 5.09. The van der Waals surface area contributed by atoms with Gasteiger partial charge in [-0.15, -0.1) is 0 Å². The van der Waals surface area contributed by atoms with Crippen LogP contribution in [0.4, 0.5) is 5.69 Å². The lowest BCUT2D eigenvalue weighted by molar-refractivity contribution is -0.123. The van der Waals surface area contributed by atoms with Gasteiger partial charge in [0.15, 0.2) is 0 Å². The number of carbonyl (C=O) groups is 2. The first kappa shape index (κ1) is 17.7. The lowest BCUT2D eigenvalue weighted by Gasteiger charge is -2.18. The Morgan fingerprint density at radius 2 is 1.67 bits per heavy atom. The fraction of sp³-hybridized carbons (Fsp3) is 0.300. The molecule has 1 amide bonds. The highest BCUT2D eigenvalue weighted by molar-refractivity contribution is 5.98. The molecule has 0 saturated carbocycles. The highest BCUT2D eigenvalue weighted by Gasteiger charge is 2.22. The first-order valence-electron chi connectivity index (χ1n) is 8.00. The molecule has 126 valence electrons. The summed E-state index contributed by atoms with van der Waals surface area (Å²) in [5, 5.41) is 2.88. The van der Waals surface area contributed by atoms with Gasteiger partial charge in [0.1, 0.15) is 0 Å². The SMILES string of the molecule is CCOC(=O)c1cc(NC(=O)C(C)(C)C)cc(-c2ccccc2)c1. The van der Waals surface area contributed by atoms with Gasteiger partial charge in [-0.1, -0.05) is 51.1 Å². The van der Waals surface area contributed by atoms with Gasteiger partial charge in [0, 0.05) is 11.1 Å². The Labute approximate surface area is 142 Å². The van der Waals surface area contributed by atoms with Gasteiger partial charge >= 0.3 is 5.97 Å². The normalized spacial score (nSPS) is 11.0. The molecular formula is C20H23NO3. The molecule has 0 fully saturated rings. The van der Waals surface area contributed by atoms with Crippen LogP contribution in [0.15, 0.2) is 48.5 Å². The summed E-state index contributed by atoms with van der Waals surface area (Å²) in [5.74, 6) is -0.510. The van der Waals surface area contributed by atoms with E-state index in [-0.39, 0.29) is 5.91 Å². The molecule has 0 aliphatic rings. The molecule has 0 spiro atoms. The fourth-order valence-corrected chi connectivity index (χ4v) is 2.15. The molecule has 1 N–H and O–H groups in total. The van der Waals surface area contributed by atoms with Crippen molar-refractivity contribution in [3.05, 3.63) is 54.1 Å². The Balaban J connectivity index is 2.44. The zero-order valence-electron chi connectivity index (χ0n) is 14.6. The van der Waals surface area contributed by atoms with Crippen LogP contribution in [0.5, 0.6) is 0 Å². The minimum Gasteiger partial charge on any atom is -0.462 e. The Kier molecular flexibility index (Phi) is 5.39. The lowest BCUT2D eigenvalue weighted by atomic mass is 9.95. The van der Waals surface area contributed by atoms with Gasteiger partial charge in [0.2, 0.25) is 5.91 Å². The van der Waals surface area contributed by atoms with E-state index in [0.717, 1.165) is 11.1 Å². The van der Waals surface area contributed by atoms with Gasteiger partial charge in [-0.05, 0) is 36.2 Å². The smallest absolute Gasteiger partial charge is 0.338 e. The van der Waals surface area contributed by atoms with E-state index in [4.69, 9.17) is 4.74 Å². The molecule has 24 heavy (non-hydrogen) atoms. The third kappa shape index (κ3) is 4.44. The van der Waals surface area contributed by atoms with Gasteiger partial charge in [0.25, 0.3) is 0 Å². The number of benzene rings is 2. The van der Waals surface area contributed by atoms with Crippen molar-refractivity contribution in [2.24, 2.45) is 5.41 Å². The van der Waals surface area contributed by atoms with E-state index in [0.29, 0.717) is 17.9 Å². The Morgan fingerprint density at radius 3 is 2.25 bits per heavy atom. The second kappa shape index (κ2) is 7.30. The molecule has 4 heteroatoms. The average molecular weight is 325 g/mol. The summed E-state index contributed by atoms with van der Waals surface area (Å²) in [4.78, 5) is 24.4. The Hall–Kier alpha value is -2.62. The molecule has 0 heterocycles. The lowest BCUT2D eigenvalue weighted by Crippen LogP contribution is -2.27. The summed E-state index contributed by atoms with van der Waals surface area (Å²) in [7, 11) is 0. The molecule has 4 nitrogen and oxygen atoms in total. The van der Waals surface area contributed by atoms with E-state index in [1.165, 1.54) is 0 Å². The van der Waals surface area contributed by atoms with Crippen molar-refractivity contribution < 1.29 is 14.3 Å². The summed E-state index contributed by atoms with van der Waals surface area (Å²) >= 11 is 0. The van der Waals surface area contributed by atoms with Crippen LogP contribution in [0.25, 0.3) is 11.1 Å². The van der Waals surface area contributed by atoms with E-state index in [9.17, 15) is 9.59 Å². The van der Waals surface area contributed by atoms with Gasteiger partial charge in [0.05, 0.1) is 12.2 Å². The van der Waals surface area contributed by atoms with Gasteiger partial charge in [-0.2, -0.15) is 0 Å². The Bertz CT molecular complexity index is 730. The molecule has 0 aliphatic heterocycles. The number of carbonyl (C=O) groups excluding carboxylic acids is 2. The number of hydrogen-bond donors (Lipinski definition) is 1. The molecule has 0 aliphatic carbocycles. The van der Waals surface area contributed by atoms with Crippen molar-refractivity contribution in [2.45, 2.75) is 27.7 Å². The summed E-state index contributed by atoms with van der Waals surface area (Å²) in [6, 6.07) is 15.0. The van der Waals surface area contributed by atoms with Crippen molar-refractivity contribution >= 4 is 17.6 Å². The Morgan fingerprint density at radius 1 is 1.00 bits per heavy atom. The van der Waals surface area contributed by atoms with Crippen molar-refractivity contribution in [1.82, 2.24) is 0 Å². The predicted molar refractivity (Wildman–Crippen MR) is 95.9 cm³/mol. The third-order valence-corrected chi connectivity index (χ3v) is 3.49. The molecule has 0 saturated heterocycles. The van der Waals surface area contributed by atoms with Crippen LogP contribution in [0.2, 0.25) is 0 Å². The zero-order chi connectivity index (χ0) is 17.7. The second-order valence-electron chi connectivity index (χ2n) is 6.59.